The summed E-state index contributed by atoms with van der Waals surface area (Å²) in [6.07, 6.45) is 2.97. The number of carbonyl (C=O) groups is 1. The number of hydrogen-bond donors (Lipinski definition) is 1. The van der Waals surface area contributed by atoms with Crippen molar-refractivity contribution in [1.29, 1.82) is 5.26 Å². The molecule has 162 valence electrons. The van der Waals surface area contributed by atoms with Crippen LogP contribution in [-0.2, 0) is 0 Å². The third-order valence-corrected chi connectivity index (χ3v) is 6.31. The molecule has 0 aromatic heterocycles. The summed E-state index contributed by atoms with van der Waals surface area (Å²) < 4.78 is 0. The number of benzene rings is 3. The average Bonchev–Trinajstić information content (AvgIpc) is 2.86. The van der Waals surface area contributed by atoms with Gasteiger partial charge < -0.3 is 10.2 Å². The van der Waals surface area contributed by atoms with Crippen LogP contribution < -0.4 is 5.32 Å². The van der Waals surface area contributed by atoms with Gasteiger partial charge in [0.05, 0.1) is 11.6 Å². The largest absolute Gasteiger partial charge is 0.349 e. The fourth-order valence-corrected chi connectivity index (χ4v) is 4.51. The number of likely N-dealkylation sites (tertiary alicyclic amines) is 1. The van der Waals surface area contributed by atoms with Gasteiger partial charge in [-0.1, -0.05) is 66.7 Å². The second kappa shape index (κ2) is 10.7. The fraction of sp³-hybridized carbons (Fsp3) is 0.286. The van der Waals surface area contributed by atoms with Crippen LogP contribution in [0.25, 0.3) is 0 Å². The van der Waals surface area contributed by atoms with Gasteiger partial charge in [0, 0.05) is 30.6 Å². The first-order chi connectivity index (χ1) is 15.7. The normalized spacial score (nSPS) is 14.8. The van der Waals surface area contributed by atoms with E-state index in [9.17, 15) is 4.79 Å². The van der Waals surface area contributed by atoms with Crippen LogP contribution in [0.2, 0.25) is 0 Å². The van der Waals surface area contributed by atoms with Gasteiger partial charge in [-0.25, -0.2) is 0 Å². The van der Waals surface area contributed by atoms with E-state index >= 15 is 0 Å². The van der Waals surface area contributed by atoms with Crippen molar-refractivity contribution in [3.8, 4) is 6.07 Å². The van der Waals surface area contributed by atoms with E-state index in [1.165, 1.54) is 11.1 Å². The molecule has 32 heavy (non-hydrogen) atoms. The fourth-order valence-electron chi connectivity index (χ4n) is 4.51. The number of amides is 1. The minimum Gasteiger partial charge on any atom is -0.349 e. The molecule has 0 radical (unpaired) electrons. The Balaban J connectivity index is 1.30. The zero-order chi connectivity index (χ0) is 22.2. The molecule has 3 aromatic rings. The lowest BCUT2D eigenvalue weighted by Crippen LogP contribution is -2.45. The summed E-state index contributed by atoms with van der Waals surface area (Å²) in [5.41, 5.74) is 3.79. The molecule has 1 aliphatic heterocycles. The SMILES string of the molecule is N#Cc1cccc(C(=O)NC2CCN(CCC(c3ccccc3)c3ccccc3)CC2)c1. The molecule has 0 aliphatic carbocycles. The Labute approximate surface area is 190 Å². The van der Waals surface area contributed by atoms with E-state index in [0.717, 1.165) is 38.9 Å². The predicted octanol–water partition coefficient (Wildman–Crippen LogP) is 4.97. The number of nitrogens with one attached hydrogen (secondary N) is 1. The number of nitrogens with zero attached hydrogens (tertiary/aromatic N) is 2. The van der Waals surface area contributed by atoms with Crippen molar-refractivity contribution < 1.29 is 4.79 Å². The smallest absolute Gasteiger partial charge is 0.251 e. The summed E-state index contributed by atoms with van der Waals surface area (Å²) >= 11 is 0. The number of piperidine rings is 1. The molecule has 1 amide bonds. The molecule has 1 heterocycles. The van der Waals surface area contributed by atoms with Crippen molar-refractivity contribution in [3.05, 3.63) is 107 Å². The first-order valence-corrected chi connectivity index (χ1v) is 11.4. The molecule has 4 heteroatoms. The quantitative estimate of drug-likeness (QED) is 0.583. The van der Waals surface area contributed by atoms with E-state index in [-0.39, 0.29) is 11.9 Å². The van der Waals surface area contributed by atoms with E-state index in [4.69, 9.17) is 5.26 Å². The highest BCUT2D eigenvalue weighted by atomic mass is 16.1. The van der Waals surface area contributed by atoms with Gasteiger partial charge >= 0.3 is 0 Å². The van der Waals surface area contributed by atoms with Crippen LogP contribution >= 0.6 is 0 Å². The lowest BCUT2D eigenvalue weighted by molar-refractivity contribution is 0.0910. The molecule has 1 N–H and O–H groups in total. The van der Waals surface area contributed by atoms with Crippen molar-refractivity contribution in [1.82, 2.24) is 10.2 Å². The number of nitriles is 1. The maximum absolute atomic E-state index is 12.6. The highest BCUT2D eigenvalue weighted by molar-refractivity contribution is 5.94. The van der Waals surface area contributed by atoms with E-state index in [1.54, 1.807) is 24.3 Å². The van der Waals surface area contributed by atoms with Crippen molar-refractivity contribution in [3.63, 3.8) is 0 Å². The van der Waals surface area contributed by atoms with Crippen molar-refractivity contribution in [2.75, 3.05) is 19.6 Å². The van der Waals surface area contributed by atoms with E-state index in [1.807, 2.05) is 0 Å². The monoisotopic (exact) mass is 423 g/mol. The lowest BCUT2D eigenvalue weighted by Gasteiger charge is -2.33. The van der Waals surface area contributed by atoms with Crippen LogP contribution in [0.4, 0.5) is 0 Å². The minimum absolute atomic E-state index is 0.0891. The number of hydrogen-bond acceptors (Lipinski definition) is 3. The Morgan fingerprint density at radius 3 is 2.16 bits per heavy atom. The van der Waals surface area contributed by atoms with Crippen LogP contribution in [0.15, 0.2) is 84.9 Å². The summed E-state index contributed by atoms with van der Waals surface area (Å²) in [7, 11) is 0. The summed E-state index contributed by atoms with van der Waals surface area (Å²) in [6, 6.07) is 30.7. The van der Waals surface area contributed by atoms with Crippen molar-refractivity contribution in [2.24, 2.45) is 0 Å². The number of carbonyl (C=O) groups excluding carboxylic acids is 1. The standard InChI is InChI=1S/C28H29N3O/c29-21-22-8-7-13-25(20-22)28(32)30-26-14-17-31(18-15-26)19-16-27(23-9-3-1-4-10-23)24-11-5-2-6-12-24/h1-13,20,26-27H,14-19H2,(H,30,32). The third-order valence-electron chi connectivity index (χ3n) is 6.31. The van der Waals surface area contributed by atoms with Gasteiger partial charge in [0.1, 0.15) is 0 Å². The molecule has 3 aromatic carbocycles. The lowest BCUT2D eigenvalue weighted by atomic mass is 9.88. The van der Waals surface area contributed by atoms with Crippen LogP contribution in [-0.4, -0.2) is 36.5 Å². The van der Waals surface area contributed by atoms with Gasteiger partial charge in [-0.15, -0.1) is 0 Å². The first-order valence-electron chi connectivity index (χ1n) is 11.4. The van der Waals surface area contributed by atoms with Gasteiger partial charge in [-0.3, -0.25) is 4.79 Å². The topological polar surface area (TPSA) is 56.1 Å². The molecule has 1 fully saturated rings. The second-order valence-corrected chi connectivity index (χ2v) is 8.44. The molecule has 0 spiro atoms. The van der Waals surface area contributed by atoms with Crippen molar-refractivity contribution in [2.45, 2.75) is 31.2 Å². The second-order valence-electron chi connectivity index (χ2n) is 8.44. The molecule has 0 unspecified atom stereocenters. The maximum Gasteiger partial charge on any atom is 0.251 e. The van der Waals surface area contributed by atoms with Gasteiger partial charge in [-0.05, 0) is 55.1 Å². The summed E-state index contributed by atoms with van der Waals surface area (Å²) in [4.78, 5) is 15.1. The molecule has 4 nitrogen and oxygen atoms in total. The molecule has 0 atom stereocenters. The Bertz CT molecular complexity index is 1010. The van der Waals surface area contributed by atoms with Crippen LogP contribution in [0.5, 0.6) is 0 Å². The van der Waals surface area contributed by atoms with Crippen molar-refractivity contribution >= 4 is 5.91 Å². The van der Waals surface area contributed by atoms with Crippen LogP contribution in [0.1, 0.15) is 52.2 Å². The molecule has 0 saturated carbocycles. The van der Waals surface area contributed by atoms with Gasteiger partial charge in [0.15, 0.2) is 0 Å². The summed E-state index contributed by atoms with van der Waals surface area (Å²) in [5.74, 6) is 0.302. The Hall–Kier alpha value is -3.42. The van der Waals surface area contributed by atoms with E-state index in [0.29, 0.717) is 17.0 Å². The molecule has 1 aliphatic rings. The maximum atomic E-state index is 12.6. The highest BCUT2D eigenvalue weighted by Crippen LogP contribution is 2.28. The zero-order valence-corrected chi connectivity index (χ0v) is 18.3. The first kappa shape index (κ1) is 21.8. The molecule has 4 rings (SSSR count). The van der Waals surface area contributed by atoms with Crippen LogP contribution in [0, 0.1) is 11.3 Å². The Morgan fingerprint density at radius 1 is 0.938 bits per heavy atom. The highest BCUT2D eigenvalue weighted by Gasteiger charge is 2.22. The van der Waals surface area contributed by atoms with Gasteiger partial charge in [-0.2, -0.15) is 5.26 Å². The minimum atomic E-state index is -0.0891. The number of rotatable bonds is 7. The molecular weight excluding hydrogens is 394 g/mol. The van der Waals surface area contributed by atoms with E-state index in [2.05, 4.69) is 76.9 Å². The molecular formula is C28H29N3O. The average molecular weight is 424 g/mol. The third kappa shape index (κ3) is 5.63. The summed E-state index contributed by atoms with van der Waals surface area (Å²) in [5, 5.41) is 12.2. The Kier molecular flexibility index (Phi) is 7.32. The molecule has 0 bridgehead atoms. The predicted molar refractivity (Wildman–Crippen MR) is 127 cm³/mol. The zero-order valence-electron chi connectivity index (χ0n) is 18.3. The van der Waals surface area contributed by atoms with Crippen LogP contribution in [0.3, 0.4) is 0 Å². The summed E-state index contributed by atoms with van der Waals surface area (Å²) in [6.45, 7) is 3.01. The van der Waals surface area contributed by atoms with E-state index < -0.39 is 0 Å². The Morgan fingerprint density at radius 2 is 1.56 bits per heavy atom. The molecule has 1 saturated heterocycles. The van der Waals surface area contributed by atoms with Gasteiger partial charge in [0.2, 0.25) is 0 Å². The van der Waals surface area contributed by atoms with Gasteiger partial charge in [0.25, 0.3) is 5.91 Å².